The van der Waals surface area contributed by atoms with Crippen molar-refractivity contribution in [3.8, 4) is 0 Å². The van der Waals surface area contributed by atoms with E-state index in [-0.39, 0.29) is 5.60 Å². The van der Waals surface area contributed by atoms with Gasteiger partial charge in [-0.25, -0.2) is 0 Å². The van der Waals surface area contributed by atoms with Crippen LogP contribution in [0.1, 0.15) is 19.3 Å². The van der Waals surface area contributed by atoms with E-state index in [9.17, 15) is 5.11 Å². The quantitative estimate of drug-likeness (QED) is 0.651. The molecule has 16 heavy (non-hydrogen) atoms. The second kappa shape index (κ2) is 1.66. The molecule has 1 heteroatoms. The van der Waals surface area contributed by atoms with Gasteiger partial charge < -0.3 is 5.11 Å². The second-order valence-electron chi connectivity index (χ2n) is 8.30. The Bertz CT molecular complexity index is 458. The first kappa shape index (κ1) is 7.41. The lowest BCUT2D eigenvalue weighted by molar-refractivity contribution is -0.104. The minimum Gasteiger partial charge on any atom is -0.389 e. The standard InChI is InChI=1S/C15H18O/c16-15-9-3-6(4-1-5(4)9)13(15)12-8-2-7-10(12)11(7)14(8)15/h4-14,16H,1-3H2. The van der Waals surface area contributed by atoms with Gasteiger partial charge in [0.25, 0.3) is 0 Å². The zero-order valence-electron chi connectivity index (χ0n) is 9.42. The summed E-state index contributed by atoms with van der Waals surface area (Å²) in [5.41, 5.74) is -0.121. The fourth-order valence-electron chi connectivity index (χ4n) is 8.81. The molecule has 8 aliphatic rings. The van der Waals surface area contributed by atoms with Crippen LogP contribution in [0.2, 0.25) is 0 Å². The molecule has 12 atom stereocenters. The largest absolute Gasteiger partial charge is 0.389 e. The Hall–Kier alpha value is -0.0400. The van der Waals surface area contributed by atoms with Gasteiger partial charge in [-0.2, -0.15) is 0 Å². The predicted molar refractivity (Wildman–Crippen MR) is 57.2 cm³/mol. The van der Waals surface area contributed by atoms with E-state index in [4.69, 9.17) is 0 Å². The van der Waals surface area contributed by atoms with Gasteiger partial charge in [0.15, 0.2) is 0 Å². The molecular weight excluding hydrogens is 196 g/mol. The average Bonchev–Trinajstić information content (AvgIpc) is 2.85. The van der Waals surface area contributed by atoms with Crippen molar-refractivity contribution in [2.45, 2.75) is 24.9 Å². The molecule has 1 N–H and O–H groups in total. The lowest BCUT2D eigenvalue weighted by atomic mass is 9.67. The van der Waals surface area contributed by atoms with Gasteiger partial charge in [-0.3, -0.25) is 0 Å². The van der Waals surface area contributed by atoms with Crippen molar-refractivity contribution in [2.24, 2.45) is 65.1 Å². The zero-order valence-corrected chi connectivity index (χ0v) is 9.42. The molecule has 0 radical (unpaired) electrons. The molecule has 8 aliphatic carbocycles. The van der Waals surface area contributed by atoms with E-state index in [0.29, 0.717) is 0 Å². The Morgan fingerprint density at radius 2 is 1.44 bits per heavy atom. The molecule has 0 aromatic carbocycles. The molecule has 0 saturated heterocycles. The third kappa shape index (κ3) is 0.429. The fraction of sp³-hybridized carbons (Fsp3) is 1.00. The SMILES string of the molecule is OC12C3CC(C4CC43)C1C1C3CC4C1C4C32. The number of rotatable bonds is 0. The maximum absolute atomic E-state index is 11.4. The Morgan fingerprint density at radius 1 is 0.688 bits per heavy atom. The van der Waals surface area contributed by atoms with Gasteiger partial charge in [-0.1, -0.05) is 0 Å². The summed E-state index contributed by atoms with van der Waals surface area (Å²) in [6.45, 7) is 0. The molecule has 0 aromatic heterocycles. The number of fused-ring (bicyclic) bond motifs is 8. The highest BCUT2D eigenvalue weighted by Gasteiger charge is 2.90. The van der Waals surface area contributed by atoms with Crippen LogP contribution >= 0.6 is 0 Å². The van der Waals surface area contributed by atoms with Crippen LogP contribution in [-0.4, -0.2) is 10.7 Å². The first-order chi connectivity index (χ1) is 7.82. The predicted octanol–water partition coefficient (Wildman–Crippen LogP) is 1.76. The highest BCUT2D eigenvalue weighted by Crippen LogP contribution is 2.90. The van der Waals surface area contributed by atoms with E-state index >= 15 is 0 Å². The molecule has 12 unspecified atom stereocenters. The molecule has 8 saturated carbocycles. The van der Waals surface area contributed by atoms with Crippen molar-refractivity contribution in [2.75, 3.05) is 0 Å². The van der Waals surface area contributed by atoms with Crippen LogP contribution in [-0.2, 0) is 0 Å². The Morgan fingerprint density at radius 3 is 2.31 bits per heavy atom. The molecule has 8 bridgehead atoms. The molecule has 0 amide bonds. The topological polar surface area (TPSA) is 20.2 Å². The minimum absolute atomic E-state index is 0.121. The summed E-state index contributed by atoms with van der Waals surface area (Å²) in [7, 11) is 0. The third-order valence-corrected chi connectivity index (χ3v) is 8.67. The van der Waals surface area contributed by atoms with Crippen molar-refractivity contribution in [1.82, 2.24) is 0 Å². The highest BCUT2D eigenvalue weighted by atomic mass is 16.3. The summed E-state index contributed by atoms with van der Waals surface area (Å²) in [4.78, 5) is 0. The fourth-order valence-corrected chi connectivity index (χ4v) is 8.81. The Kier molecular flexibility index (Phi) is 0.767. The van der Waals surface area contributed by atoms with E-state index in [2.05, 4.69) is 0 Å². The maximum atomic E-state index is 11.4. The summed E-state index contributed by atoms with van der Waals surface area (Å²) in [6.07, 6.45) is 4.45. The van der Waals surface area contributed by atoms with E-state index in [1.54, 1.807) is 0 Å². The van der Waals surface area contributed by atoms with Crippen molar-refractivity contribution in [3.63, 3.8) is 0 Å². The van der Waals surface area contributed by atoms with Gasteiger partial charge in [0, 0.05) is 0 Å². The van der Waals surface area contributed by atoms with Gasteiger partial charge >= 0.3 is 0 Å². The molecule has 0 aliphatic heterocycles. The molecule has 1 nitrogen and oxygen atoms in total. The first-order valence-corrected chi connectivity index (χ1v) is 7.54. The molecular formula is C15H18O. The zero-order chi connectivity index (χ0) is 9.97. The summed E-state index contributed by atoms with van der Waals surface area (Å²) >= 11 is 0. The smallest absolute Gasteiger partial charge is 0.0745 e. The average molecular weight is 214 g/mol. The minimum atomic E-state index is -0.121. The number of hydrogen-bond acceptors (Lipinski definition) is 1. The lowest BCUT2D eigenvalue weighted by Gasteiger charge is -2.42. The Balaban J connectivity index is 1.53. The summed E-state index contributed by atoms with van der Waals surface area (Å²) in [6, 6.07) is 0. The van der Waals surface area contributed by atoms with E-state index in [1.165, 1.54) is 19.3 Å². The van der Waals surface area contributed by atoms with Crippen LogP contribution in [0, 0.1) is 65.1 Å². The van der Waals surface area contributed by atoms with E-state index in [1.807, 2.05) is 0 Å². The van der Waals surface area contributed by atoms with Crippen molar-refractivity contribution in [1.29, 1.82) is 0 Å². The monoisotopic (exact) mass is 214 g/mol. The van der Waals surface area contributed by atoms with Gasteiger partial charge in [0.05, 0.1) is 5.60 Å². The molecule has 0 spiro atoms. The summed E-state index contributed by atoms with van der Waals surface area (Å²) < 4.78 is 0. The van der Waals surface area contributed by atoms with Gasteiger partial charge in [-0.05, 0) is 84.4 Å². The normalized spacial score (nSPS) is 90.9. The summed E-state index contributed by atoms with van der Waals surface area (Å²) in [5, 5.41) is 11.4. The van der Waals surface area contributed by atoms with Crippen LogP contribution < -0.4 is 0 Å². The molecule has 8 fully saturated rings. The number of hydrogen-bond donors (Lipinski definition) is 1. The van der Waals surface area contributed by atoms with Crippen LogP contribution in [0.15, 0.2) is 0 Å². The molecule has 8 rings (SSSR count). The summed E-state index contributed by atoms with van der Waals surface area (Å²) in [5.74, 6) is 10.7. The van der Waals surface area contributed by atoms with Crippen molar-refractivity contribution in [3.05, 3.63) is 0 Å². The van der Waals surface area contributed by atoms with E-state index < -0.39 is 0 Å². The number of aliphatic hydroxyl groups is 1. The van der Waals surface area contributed by atoms with Crippen molar-refractivity contribution < 1.29 is 5.11 Å². The highest BCUT2D eigenvalue weighted by molar-refractivity contribution is 5.37. The van der Waals surface area contributed by atoms with Crippen LogP contribution in [0.25, 0.3) is 0 Å². The molecule has 0 heterocycles. The molecule has 84 valence electrons. The van der Waals surface area contributed by atoms with Crippen LogP contribution in [0.3, 0.4) is 0 Å². The van der Waals surface area contributed by atoms with Crippen molar-refractivity contribution >= 4 is 0 Å². The van der Waals surface area contributed by atoms with Gasteiger partial charge in [0.1, 0.15) is 0 Å². The van der Waals surface area contributed by atoms with Gasteiger partial charge in [-0.15, -0.1) is 0 Å². The van der Waals surface area contributed by atoms with Gasteiger partial charge in [0.2, 0.25) is 0 Å². The first-order valence-electron chi connectivity index (χ1n) is 7.54. The molecule has 0 aromatic rings. The Labute approximate surface area is 95.6 Å². The van der Waals surface area contributed by atoms with Crippen LogP contribution in [0.4, 0.5) is 0 Å². The van der Waals surface area contributed by atoms with Crippen LogP contribution in [0.5, 0.6) is 0 Å². The maximum Gasteiger partial charge on any atom is 0.0745 e. The second-order valence-corrected chi connectivity index (χ2v) is 8.30. The lowest BCUT2D eigenvalue weighted by Crippen LogP contribution is -2.49. The third-order valence-electron chi connectivity index (χ3n) is 8.67. The van der Waals surface area contributed by atoms with E-state index in [0.717, 1.165) is 65.1 Å².